The molecule has 1 aromatic rings. The summed E-state index contributed by atoms with van der Waals surface area (Å²) in [6.45, 7) is 5.13. The molecule has 2 rings (SSSR count). The maximum Gasteiger partial charge on any atom is 0.246 e. The van der Waals surface area contributed by atoms with Gasteiger partial charge in [-0.2, -0.15) is 4.31 Å². The molecule has 0 radical (unpaired) electrons. The molecule has 108 valence electrons. The maximum atomic E-state index is 12.6. The van der Waals surface area contributed by atoms with Crippen LogP contribution in [0.2, 0.25) is 0 Å². The average molecular weight is 288 g/mol. The third-order valence-corrected chi connectivity index (χ3v) is 5.13. The lowest BCUT2D eigenvalue weighted by atomic mass is 10.4. The van der Waals surface area contributed by atoms with Gasteiger partial charge in [0.05, 0.1) is 12.6 Å². The first kappa shape index (κ1) is 14.5. The fourth-order valence-electron chi connectivity index (χ4n) is 2.19. The van der Waals surface area contributed by atoms with Gasteiger partial charge in [-0.05, 0) is 20.3 Å². The lowest BCUT2D eigenvalue weighted by molar-refractivity contribution is 0.0752. The minimum atomic E-state index is -3.53. The predicted octanol–water partition coefficient (Wildman–Crippen LogP) is 0.846. The largest absolute Gasteiger partial charge is 0.464 e. The second-order valence-corrected chi connectivity index (χ2v) is 6.64. The van der Waals surface area contributed by atoms with Crippen LogP contribution in [0.15, 0.2) is 15.4 Å². The monoisotopic (exact) mass is 288 g/mol. The summed E-state index contributed by atoms with van der Waals surface area (Å²) in [7, 11) is -3.53. The zero-order valence-electron chi connectivity index (χ0n) is 11.3. The molecule has 0 spiro atoms. The van der Waals surface area contributed by atoms with E-state index in [0.717, 1.165) is 0 Å². The van der Waals surface area contributed by atoms with Crippen LogP contribution in [-0.4, -0.2) is 38.5 Å². The van der Waals surface area contributed by atoms with Crippen LogP contribution in [0.25, 0.3) is 0 Å². The standard InChI is InChI=1S/C12H20N2O4S/c1-9-8-14(4-3-5-17-9)19(15,16)12-6-11(7-13)18-10(12)2/h6,9H,3-5,7-8,13H2,1-2H3. The minimum absolute atomic E-state index is 0.0986. The van der Waals surface area contributed by atoms with E-state index in [0.29, 0.717) is 37.6 Å². The Hall–Kier alpha value is -0.890. The van der Waals surface area contributed by atoms with Gasteiger partial charge in [-0.25, -0.2) is 8.42 Å². The lowest BCUT2D eigenvalue weighted by Gasteiger charge is -2.21. The summed E-state index contributed by atoms with van der Waals surface area (Å²) in [4.78, 5) is 0.210. The highest BCUT2D eigenvalue weighted by Crippen LogP contribution is 2.24. The molecule has 0 aromatic carbocycles. The van der Waals surface area contributed by atoms with Crippen LogP contribution in [-0.2, 0) is 21.3 Å². The SMILES string of the molecule is Cc1oc(CN)cc1S(=O)(=O)N1CCCOC(C)C1. The summed E-state index contributed by atoms with van der Waals surface area (Å²) in [6, 6.07) is 1.51. The number of sulfonamides is 1. The second kappa shape index (κ2) is 5.62. The number of rotatable bonds is 3. The van der Waals surface area contributed by atoms with Gasteiger partial charge in [0, 0.05) is 25.8 Å². The number of nitrogens with zero attached hydrogens (tertiary/aromatic N) is 1. The zero-order valence-corrected chi connectivity index (χ0v) is 12.1. The molecule has 1 atom stereocenters. The molecule has 1 aliphatic rings. The van der Waals surface area contributed by atoms with Gasteiger partial charge in [0.1, 0.15) is 16.4 Å². The Balaban J connectivity index is 2.32. The van der Waals surface area contributed by atoms with Crippen LogP contribution in [0.4, 0.5) is 0 Å². The van der Waals surface area contributed by atoms with Crippen LogP contribution in [0, 0.1) is 6.92 Å². The van der Waals surface area contributed by atoms with Crippen molar-refractivity contribution in [2.24, 2.45) is 5.73 Å². The Labute approximate surface area is 113 Å². The van der Waals surface area contributed by atoms with Gasteiger partial charge in [0.2, 0.25) is 10.0 Å². The van der Waals surface area contributed by atoms with Crippen LogP contribution in [0.3, 0.4) is 0 Å². The van der Waals surface area contributed by atoms with Gasteiger partial charge in [0.25, 0.3) is 0 Å². The first-order valence-electron chi connectivity index (χ1n) is 6.36. The summed E-state index contributed by atoms with van der Waals surface area (Å²) in [6.07, 6.45) is 0.600. The lowest BCUT2D eigenvalue weighted by Crippen LogP contribution is -2.36. The first-order chi connectivity index (χ1) is 8.95. The highest BCUT2D eigenvalue weighted by molar-refractivity contribution is 7.89. The summed E-state index contributed by atoms with van der Waals surface area (Å²) in [5.74, 6) is 0.869. The smallest absolute Gasteiger partial charge is 0.246 e. The molecule has 2 N–H and O–H groups in total. The molecule has 0 saturated carbocycles. The van der Waals surface area contributed by atoms with Gasteiger partial charge < -0.3 is 14.9 Å². The Morgan fingerprint density at radius 1 is 1.53 bits per heavy atom. The number of nitrogens with two attached hydrogens (primary N) is 1. The first-order valence-corrected chi connectivity index (χ1v) is 7.80. The van der Waals surface area contributed by atoms with Gasteiger partial charge >= 0.3 is 0 Å². The molecule has 0 bridgehead atoms. The van der Waals surface area contributed by atoms with Crippen LogP contribution >= 0.6 is 0 Å². The highest BCUT2D eigenvalue weighted by atomic mass is 32.2. The van der Waals surface area contributed by atoms with E-state index in [4.69, 9.17) is 14.9 Å². The molecular formula is C12H20N2O4S. The molecule has 0 aliphatic carbocycles. The quantitative estimate of drug-likeness (QED) is 0.891. The van der Waals surface area contributed by atoms with E-state index < -0.39 is 10.0 Å². The van der Waals surface area contributed by atoms with E-state index >= 15 is 0 Å². The zero-order chi connectivity index (χ0) is 14.0. The molecular weight excluding hydrogens is 268 g/mol. The van der Waals surface area contributed by atoms with Crippen molar-refractivity contribution in [2.45, 2.75) is 37.8 Å². The Morgan fingerprint density at radius 2 is 2.26 bits per heavy atom. The van der Waals surface area contributed by atoms with Crippen molar-refractivity contribution in [3.63, 3.8) is 0 Å². The van der Waals surface area contributed by atoms with Crippen molar-refractivity contribution in [3.05, 3.63) is 17.6 Å². The van der Waals surface area contributed by atoms with Crippen molar-refractivity contribution in [1.82, 2.24) is 4.31 Å². The molecule has 6 nitrogen and oxygen atoms in total. The number of ether oxygens (including phenoxy) is 1. The molecule has 1 aromatic heterocycles. The number of hydrogen-bond acceptors (Lipinski definition) is 5. The normalized spacial score (nSPS) is 22.4. The summed E-state index contributed by atoms with van der Waals surface area (Å²) >= 11 is 0. The third kappa shape index (κ3) is 3.00. The van der Waals surface area contributed by atoms with Gasteiger partial charge in [-0.3, -0.25) is 0 Å². The molecule has 0 amide bonds. The maximum absolute atomic E-state index is 12.6. The van der Waals surface area contributed by atoms with E-state index in [1.807, 2.05) is 6.92 Å². The molecule has 2 heterocycles. The van der Waals surface area contributed by atoms with Crippen LogP contribution in [0.1, 0.15) is 24.9 Å². The molecule has 1 fully saturated rings. The van der Waals surface area contributed by atoms with Crippen molar-refractivity contribution >= 4 is 10.0 Å². The fourth-order valence-corrected chi connectivity index (χ4v) is 3.93. The average Bonchev–Trinajstić information content (AvgIpc) is 2.60. The summed E-state index contributed by atoms with van der Waals surface area (Å²) < 4.78 is 37.5. The van der Waals surface area contributed by atoms with Crippen molar-refractivity contribution < 1.29 is 17.6 Å². The van der Waals surface area contributed by atoms with E-state index in [1.54, 1.807) is 6.92 Å². The fraction of sp³-hybridized carbons (Fsp3) is 0.667. The highest BCUT2D eigenvalue weighted by Gasteiger charge is 2.30. The van der Waals surface area contributed by atoms with Crippen molar-refractivity contribution in [3.8, 4) is 0 Å². The third-order valence-electron chi connectivity index (χ3n) is 3.16. The summed E-state index contributed by atoms with van der Waals surface area (Å²) in [5.41, 5.74) is 5.48. The predicted molar refractivity (Wildman–Crippen MR) is 70.1 cm³/mol. The number of furan rings is 1. The number of hydrogen-bond donors (Lipinski definition) is 1. The molecule has 1 unspecified atom stereocenters. The number of aryl methyl sites for hydroxylation is 1. The van der Waals surface area contributed by atoms with E-state index in [2.05, 4.69) is 0 Å². The molecule has 19 heavy (non-hydrogen) atoms. The van der Waals surface area contributed by atoms with Crippen LogP contribution in [0.5, 0.6) is 0 Å². The van der Waals surface area contributed by atoms with Crippen molar-refractivity contribution in [2.75, 3.05) is 19.7 Å². The summed E-state index contributed by atoms with van der Waals surface area (Å²) in [5, 5.41) is 0. The van der Waals surface area contributed by atoms with Crippen molar-refractivity contribution in [1.29, 1.82) is 0 Å². The van der Waals surface area contributed by atoms with Crippen LogP contribution < -0.4 is 5.73 Å². The van der Waals surface area contributed by atoms with Gasteiger partial charge in [0.15, 0.2) is 0 Å². The molecule has 1 aliphatic heterocycles. The van der Waals surface area contributed by atoms with E-state index in [9.17, 15) is 8.42 Å². The Bertz CT molecular complexity index is 538. The van der Waals surface area contributed by atoms with E-state index in [-0.39, 0.29) is 17.5 Å². The van der Waals surface area contributed by atoms with Gasteiger partial charge in [-0.15, -0.1) is 0 Å². The minimum Gasteiger partial charge on any atom is -0.464 e. The molecule has 1 saturated heterocycles. The topological polar surface area (TPSA) is 85.8 Å². The Morgan fingerprint density at radius 3 is 2.89 bits per heavy atom. The Kier molecular flexibility index (Phi) is 4.29. The second-order valence-electron chi connectivity index (χ2n) is 4.74. The molecule has 7 heteroatoms. The van der Waals surface area contributed by atoms with Gasteiger partial charge in [-0.1, -0.05) is 0 Å². The van der Waals surface area contributed by atoms with E-state index in [1.165, 1.54) is 10.4 Å².